The summed E-state index contributed by atoms with van der Waals surface area (Å²) in [4.78, 5) is 16.4. The van der Waals surface area contributed by atoms with E-state index in [4.69, 9.17) is 4.74 Å². The summed E-state index contributed by atoms with van der Waals surface area (Å²) in [7, 11) is 1.49. The first-order chi connectivity index (χ1) is 16.6. The molecule has 1 aromatic carbocycles. The molecule has 0 bridgehead atoms. The lowest BCUT2D eigenvalue weighted by Crippen LogP contribution is -2.10. The molecule has 0 aliphatic rings. The number of halogens is 4. The highest BCUT2D eigenvalue weighted by Crippen LogP contribution is 2.35. The summed E-state index contributed by atoms with van der Waals surface area (Å²) in [5, 5.41) is 13.6. The summed E-state index contributed by atoms with van der Waals surface area (Å²) in [6.45, 7) is 3.87. The summed E-state index contributed by atoms with van der Waals surface area (Å²) >= 11 is 4.35. The molecule has 6 nitrogen and oxygen atoms in total. The molecule has 3 rings (SSSR count). The van der Waals surface area contributed by atoms with Gasteiger partial charge in [0.1, 0.15) is 28.2 Å². The molecule has 35 heavy (non-hydrogen) atoms. The first-order valence-electron chi connectivity index (χ1n) is 10.3. The van der Waals surface area contributed by atoms with Crippen LogP contribution in [-0.2, 0) is 18.5 Å². The van der Waals surface area contributed by atoms with E-state index in [0.29, 0.717) is 33.6 Å². The highest BCUT2D eigenvalue weighted by atomic mass is 79.9. The second-order valence-corrected chi connectivity index (χ2v) is 9.15. The molecule has 0 aliphatic carbocycles. The first-order valence-corrected chi connectivity index (χ1v) is 12.1. The number of ether oxygens (including phenoxy) is 1. The summed E-state index contributed by atoms with van der Waals surface area (Å²) in [6, 6.07) is 8.05. The van der Waals surface area contributed by atoms with Gasteiger partial charge in [-0.2, -0.15) is 23.5 Å². The average Bonchev–Trinajstić information content (AvgIpc) is 3.20. The number of allylic oxidation sites excluding steroid dienone is 1. The highest BCUT2D eigenvalue weighted by molar-refractivity contribution is 9.10. The minimum atomic E-state index is -4.62. The number of pyridine rings is 1. The topological polar surface area (TPSA) is 80.8 Å². The molecule has 3 aromatic rings. The fourth-order valence-electron chi connectivity index (χ4n) is 3.29. The van der Waals surface area contributed by atoms with Gasteiger partial charge in [0.25, 0.3) is 0 Å². The largest absolute Gasteiger partial charge is 0.496 e. The van der Waals surface area contributed by atoms with Crippen LogP contribution in [0.25, 0.3) is 6.08 Å². The third kappa shape index (κ3) is 6.13. The Morgan fingerprint density at radius 2 is 2.09 bits per heavy atom. The van der Waals surface area contributed by atoms with E-state index in [-0.39, 0.29) is 27.7 Å². The SMILES string of the molecule is CCn1ncc(Br)c1C(=O)/C=C/c1ccc(OC)c(CSc2nc(C(F)(F)F)cc(C)c2C#N)c1. The van der Waals surface area contributed by atoms with Crippen LogP contribution >= 0.6 is 27.7 Å². The molecule has 0 spiro atoms. The molecule has 0 atom stereocenters. The number of nitrogens with zero attached hydrogens (tertiary/aromatic N) is 4. The van der Waals surface area contributed by atoms with Gasteiger partial charge in [-0.25, -0.2) is 4.98 Å². The molecule has 11 heteroatoms. The molecule has 2 heterocycles. The number of carbonyl (C=O) groups excluding carboxylic acids is 1. The van der Waals surface area contributed by atoms with Crippen LogP contribution < -0.4 is 4.74 Å². The third-order valence-corrected chi connectivity index (χ3v) is 6.61. The molecule has 0 radical (unpaired) electrons. The highest BCUT2D eigenvalue weighted by Gasteiger charge is 2.34. The van der Waals surface area contributed by atoms with Gasteiger partial charge >= 0.3 is 6.18 Å². The quantitative estimate of drug-likeness (QED) is 0.177. The van der Waals surface area contributed by atoms with Crippen LogP contribution in [0, 0.1) is 18.3 Å². The van der Waals surface area contributed by atoms with Crippen molar-refractivity contribution in [1.29, 1.82) is 5.26 Å². The molecule has 0 saturated carbocycles. The van der Waals surface area contributed by atoms with Crippen LogP contribution in [0.5, 0.6) is 5.75 Å². The van der Waals surface area contributed by atoms with E-state index < -0.39 is 11.9 Å². The number of benzene rings is 1. The summed E-state index contributed by atoms with van der Waals surface area (Å²) in [5.41, 5.74) is 1.06. The van der Waals surface area contributed by atoms with Gasteiger partial charge < -0.3 is 4.74 Å². The fraction of sp³-hybridized carbons (Fsp3) is 0.250. The van der Waals surface area contributed by atoms with Gasteiger partial charge in [0.15, 0.2) is 0 Å². The Hall–Kier alpha value is -3.10. The first kappa shape index (κ1) is 26.5. The number of carbonyl (C=O) groups is 1. The van der Waals surface area contributed by atoms with Gasteiger partial charge in [0.2, 0.25) is 5.78 Å². The van der Waals surface area contributed by atoms with E-state index in [1.807, 2.05) is 13.0 Å². The summed E-state index contributed by atoms with van der Waals surface area (Å²) in [6.07, 6.45) is 0.0123. The van der Waals surface area contributed by atoms with E-state index in [2.05, 4.69) is 26.0 Å². The lowest BCUT2D eigenvalue weighted by Gasteiger charge is -2.13. The van der Waals surface area contributed by atoms with Crippen molar-refractivity contribution in [3.05, 3.63) is 74.7 Å². The second kappa shape index (κ2) is 11.1. The Kier molecular flexibility index (Phi) is 8.40. The standard InChI is InChI=1S/C24H20BrF3N4O2S/c1-4-32-22(18(25)12-30-32)19(33)7-5-15-6-8-20(34-3)16(10-15)13-35-23-17(11-29)14(2)9-21(31-23)24(26,27)28/h5-10,12H,4,13H2,1-3H3/b7-5+. The molecule has 0 saturated heterocycles. The normalized spacial score (nSPS) is 11.6. The summed E-state index contributed by atoms with van der Waals surface area (Å²) in [5.74, 6) is 0.496. The van der Waals surface area contributed by atoms with Crippen LogP contribution in [0.3, 0.4) is 0 Å². The van der Waals surface area contributed by atoms with Crippen molar-refractivity contribution in [1.82, 2.24) is 14.8 Å². The van der Waals surface area contributed by atoms with Gasteiger partial charge in [-0.1, -0.05) is 12.1 Å². The Labute approximate surface area is 212 Å². The molecule has 0 N–H and O–H groups in total. The zero-order valence-corrected chi connectivity index (χ0v) is 21.4. The van der Waals surface area contributed by atoms with Crippen LogP contribution in [0.2, 0.25) is 0 Å². The maximum atomic E-state index is 13.2. The van der Waals surface area contributed by atoms with Crippen molar-refractivity contribution in [2.24, 2.45) is 0 Å². The third-order valence-electron chi connectivity index (χ3n) is 5.01. The van der Waals surface area contributed by atoms with Crippen molar-refractivity contribution < 1.29 is 22.7 Å². The van der Waals surface area contributed by atoms with Gasteiger partial charge in [0.05, 0.1) is 23.3 Å². The van der Waals surface area contributed by atoms with Crippen LogP contribution in [-0.4, -0.2) is 27.7 Å². The fourth-order valence-corrected chi connectivity index (χ4v) is 4.81. The van der Waals surface area contributed by atoms with Crippen molar-refractivity contribution in [3.63, 3.8) is 0 Å². The number of rotatable bonds is 8. The number of hydrogen-bond acceptors (Lipinski definition) is 6. The molecule has 0 fully saturated rings. The van der Waals surface area contributed by atoms with Crippen molar-refractivity contribution in [2.45, 2.75) is 37.3 Å². The van der Waals surface area contributed by atoms with E-state index in [9.17, 15) is 23.2 Å². The molecular weight excluding hydrogens is 545 g/mol. The Morgan fingerprint density at radius 3 is 2.71 bits per heavy atom. The molecule has 0 amide bonds. The molecular formula is C24H20BrF3N4O2S. The smallest absolute Gasteiger partial charge is 0.433 e. The lowest BCUT2D eigenvalue weighted by atomic mass is 10.1. The van der Waals surface area contributed by atoms with Gasteiger partial charge in [-0.15, -0.1) is 11.8 Å². The minimum Gasteiger partial charge on any atom is -0.496 e. The maximum Gasteiger partial charge on any atom is 0.433 e. The van der Waals surface area contributed by atoms with Crippen LogP contribution in [0.1, 0.15) is 45.4 Å². The second-order valence-electron chi connectivity index (χ2n) is 7.33. The van der Waals surface area contributed by atoms with Crippen molar-refractivity contribution in [2.75, 3.05) is 7.11 Å². The molecule has 0 unspecified atom stereocenters. The number of nitriles is 1. The summed E-state index contributed by atoms with van der Waals surface area (Å²) < 4.78 is 47.2. The average molecular weight is 565 g/mol. The number of ketones is 1. The Balaban J connectivity index is 1.87. The van der Waals surface area contributed by atoms with Gasteiger partial charge in [-0.05, 0) is 65.2 Å². The Bertz CT molecular complexity index is 1330. The van der Waals surface area contributed by atoms with E-state index in [1.165, 1.54) is 20.1 Å². The van der Waals surface area contributed by atoms with Crippen LogP contribution in [0.4, 0.5) is 13.2 Å². The van der Waals surface area contributed by atoms with Crippen molar-refractivity contribution in [3.8, 4) is 11.8 Å². The number of aromatic nitrogens is 3. The molecule has 0 aliphatic heterocycles. The number of alkyl halides is 3. The van der Waals surface area contributed by atoms with Crippen LogP contribution in [0.15, 0.2) is 46.0 Å². The monoisotopic (exact) mass is 564 g/mol. The lowest BCUT2D eigenvalue weighted by molar-refractivity contribution is -0.141. The number of thioether (sulfide) groups is 1. The van der Waals surface area contributed by atoms with Crippen molar-refractivity contribution >= 4 is 39.6 Å². The van der Waals surface area contributed by atoms with E-state index in [1.54, 1.807) is 35.2 Å². The number of aryl methyl sites for hydroxylation is 2. The number of hydrogen-bond donors (Lipinski definition) is 0. The maximum absolute atomic E-state index is 13.2. The predicted molar refractivity (Wildman–Crippen MR) is 130 cm³/mol. The minimum absolute atomic E-state index is 0.00400. The molecule has 182 valence electrons. The molecule has 2 aromatic heterocycles. The van der Waals surface area contributed by atoms with Gasteiger partial charge in [-0.3, -0.25) is 9.48 Å². The zero-order valence-electron chi connectivity index (χ0n) is 19.0. The predicted octanol–water partition coefficient (Wildman–Crippen LogP) is 6.46. The van der Waals surface area contributed by atoms with E-state index >= 15 is 0 Å². The van der Waals surface area contributed by atoms with E-state index in [0.717, 1.165) is 17.8 Å². The Morgan fingerprint density at radius 1 is 1.34 bits per heavy atom. The number of methoxy groups -OCH3 is 1. The van der Waals surface area contributed by atoms with Gasteiger partial charge in [0, 0.05) is 17.9 Å². The zero-order chi connectivity index (χ0) is 25.8.